The van der Waals surface area contributed by atoms with Gasteiger partial charge in [0.05, 0.1) is 24.6 Å². The number of morpholine rings is 1. The van der Waals surface area contributed by atoms with Gasteiger partial charge in [0.25, 0.3) is 0 Å². The summed E-state index contributed by atoms with van der Waals surface area (Å²) in [5.41, 5.74) is 13.6. The largest absolute Gasteiger partial charge is 0.397 e. The van der Waals surface area contributed by atoms with E-state index in [0.29, 0.717) is 50.5 Å². The number of aryl methyl sites for hydroxylation is 1. The summed E-state index contributed by atoms with van der Waals surface area (Å²) in [6.45, 7) is 2.67. The number of hydrogen-bond acceptors (Lipinski definition) is 4. The molecule has 98 valence electrons. The Morgan fingerprint density at radius 3 is 2.61 bits per heavy atom. The van der Waals surface area contributed by atoms with Gasteiger partial charge < -0.3 is 21.1 Å². The van der Waals surface area contributed by atoms with Crippen molar-refractivity contribution < 1.29 is 9.53 Å². The highest BCUT2D eigenvalue weighted by Gasteiger charge is 2.16. The van der Waals surface area contributed by atoms with E-state index in [9.17, 15) is 4.79 Å². The van der Waals surface area contributed by atoms with Crippen LogP contribution in [0.5, 0.6) is 0 Å². The fourth-order valence-electron chi connectivity index (χ4n) is 2.00. The maximum Gasteiger partial charge on any atom is 0.223 e. The standard InChI is InChI=1S/C13H19N3O2/c14-11-3-1-10(9-12(11)15)2-4-13(17)16-5-7-18-8-6-16/h1,3,9H,2,4-8,14-15H2. The van der Waals surface area contributed by atoms with Crippen molar-refractivity contribution in [2.75, 3.05) is 37.8 Å². The molecule has 1 aliphatic heterocycles. The summed E-state index contributed by atoms with van der Waals surface area (Å²) in [7, 11) is 0. The van der Waals surface area contributed by atoms with Gasteiger partial charge in [0.1, 0.15) is 0 Å². The minimum absolute atomic E-state index is 0.175. The van der Waals surface area contributed by atoms with Crippen LogP contribution < -0.4 is 11.5 Å². The first-order valence-electron chi connectivity index (χ1n) is 6.16. The molecule has 0 bridgehead atoms. The molecule has 1 fully saturated rings. The maximum absolute atomic E-state index is 11.9. The molecule has 1 heterocycles. The highest BCUT2D eigenvalue weighted by molar-refractivity contribution is 5.76. The van der Waals surface area contributed by atoms with E-state index < -0.39 is 0 Å². The molecule has 0 atom stereocenters. The van der Waals surface area contributed by atoms with E-state index in [4.69, 9.17) is 16.2 Å². The number of benzene rings is 1. The first kappa shape index (κ1) is 12.7. The molecule has 18 heavy (non-hydrogen) atoms. The zero-order valence-corrected chi connectivity index (χ0v) is 10.4. The first-order chi connectivity index (χ1) is 8.66. The average Bonchev–Trinajstić information content (AvgIpc) is 2.41. The van der Waals surface area contributed by atoms with Gasteiger partial charge in [0, 0.05) is 19.5 Å². The number of amides is 1. The lowest BCUT2D eigenvalue weighted by molar-refractivity contribution is -0.135. The molecule has 0 aliphatic carbocycles. The zero-order valence-electron chi connectivity index (χ0n) is 10.4. The van der Waals surface area contributed by atoms with Gasteiger partial charge in [-0.3, -0.25) is 4.79 Å². The molecule has 4 N–H and O–H groups in total. The summed E-state index contributed by atoms with van der Waals surface area (Å²) in [5.74, 6) is 0.175. The Morgan fingerprint density at radius 1 is 1.22 bits per heavy atom. The van der Waals surface area contributed by atoms with Gasteiger partial charge in [-0.25, -0.2) is 0 Å². The first-order valence-corrected chi connectivity index (χ1v) is 6.16. The third-order valence-corrected chi connectivity index (χ3v) is 3.14. The molecule has 0 unspecified atom stereocenters. The molecular weight excluding hydrogens is 230 g/mol. The number of nitrogens with two attached hydrogens (primary N) is 2. The molecule has 0 aromatic heterocycles. The molecule has 1 aliphatic rings. The number of carbonyl (C=O) groups is 1. The second-order valence-electron chi connectivity index (χ2n) is 4.46. The summed E-state index contributed by atoms with van der Waals surface area (Å²) >= 11 is 0. The van der Waals surface area contributed by atoms with Gasteiger partial charge in [0.2, 0.25) is 5.91 Å². The second kappa shape index (κ2) is 5.73. The van der Waals surface area contributed by atoms with Crippen LogP contribution in [0.3, 0.4) is 0 Å². The molecule has 1 amide bonds. The van der Waals surface area contributed by atoms with Gasteiger partial charge in [-0.1, -0.05) is 6.07 Å². The summed E-state index contributed by atoms with van der Waals surface area (Å²) in [4.78, 5) is 13.8. The Hall–Kier alpha value is -1.75. The number of rotatable bonds is 3. The molecule has 1 saturated heterocycles. The second-order valence-corrected chi connectivity index (χ2v) is 4.46. The minimum atomic E-state index is 0.175. The van der Waals surface area contributed by atoms with Crippen LogP contribution in [-0.2, 0) is 16.0 Å². The normalized spacial score (nSPS) is 15.7. The van der Waals surface area contributed by atoms with Crippen molar-refractivity contribution in [1.82, 2.24) is 4.90 Å². The van der Waals surface area contributed by atoms with Gasteiger partial charge in [0.15, 0.2) is 0 Å². The number of hydrogen-bond donors (Lipinski definition) is 2. The molecule has 2 rings (SSSR count). The maximum atomic E-state index is 11.9. The van der Waals surface area contributed by atoms with Crippen molar-refractivity contribution in [1.29, 1.82) is 0 Å². The molecule has 0 radical (unpaired) electrons. The predicted molar refractivity (Wildman–Crippen MR) is 71.0 cm³/mol. The van der Waals surface area contributed by atoms with Crippen molar-refractivity contribution in [3.63, 3.8) is 0 Å². The Kier molecular flexibility index (Phi) is 4.04. The van der Waals surface area contributed by atoms with E-state index >= 15 is 0 Å². The monoisotopic (exact) mass is 249 g/mol. The van der Waals surface area contributed by atoms with E-state index in [1.165, 1.54) is 0 Å². The lowest BCUT2D eigenvalue weighted by atomic mass is 10.1. The van der Waals surface area contributed by atoms with Crippen molar-refractivity contribution in [2.24, 2.45) is 0 Å². The average molecular weight is 249 g/mol. The van der Waals surface area contributed by atoms with Crippen molar-refractivity contribution in [3.05, 3.63) is 23.8 Å². The van der Waals surface area contributed by atoms with Crippen molar-refractivity contribution >= 4 is 17.3 Å². The number of carbonyl (C=O) groups excluding carboxylic acids is 1. The van der Waals surface area contributed by atoms with Gasteiger partial charge in [-0.05, 0) is 24.1 Å². The molecule has 1 aromatic carbocycles. The van der Waals surface area contributed by atoms with E-state index in [2.05, 4.69) is 0 Å². The van der Waals surface area contributed by atoms with Crippen LogP contribution in [0.25, 0.3) is 0 Å². The Balaban J connectivity index is 1.86. The number of nitrogens with zero attached hydrogens (tertiary/aromatic N) is 1. The zero-order chi connectivity index (χ0) is 13.0. The molecule has 1 aromatic rings. The third kappa shape index (κ3) is 3.13. The van der Waals surface area contributed by atoms with Gasteiger partial charge in [-0.15, -0.1) is 0 Å². The third-order valence-electron chi connectivity index (χ3n) is 3.14. The van der Waals surface area contributed by atoms with Crippen LogP contribution in [0.1, 0.15) is 12.0 Å². The van der Waals surface area contributed by atoms with Gasteiger partial charge in [-0.2, -0.15) is 0 Å². The highest BCUT2D eigenvalue weighted by Crippen LogP contribution is 2.17. The van der Waals surface area contributed by atoms with Crippen LogP contribution in [0, 0.1) is 0 Å². The Labute approximate surface area is 107 Å². The predicted octanol–water partition coefficient (Wildman–Crippen LogP) is 0.642. The summed E-state index contributed by atoms with van der Waals surface area (Å²) < 4.78 is 5.22. The minimum Gasteiger partial charge on any atom is -0.397 e. The summed E-state index contributed by atoms with van der Waals surface area (Å²) in [5, 5.41) is 0. The number of anilines is 2. The van der Waals surface area contributed by atoms with Gasteiger partial charge >= 0.3 is 0 Å². The fraction of sp³-hybridized carbons (Fsp3) is 0.462. The number of nitrogen functional groups attached to an aromatic ring is 2. The van der Waals surface area contributed by atoms with Crippen LogP contribution >= 0.6 is 0 Å². The van der Waals surface area contributed by atoms with Crippen LogP contribution in [-0.4, -0.2) is 37.1 Å². The quantitative estimate of drug-likeness (QED) is 0.770. The van der Waals surface area contributed by atoms with Crippen LogP contribution in [0.2, 0.25) is 0 Å². The lowest BCUT2D eigenvalue weighted by Gasteiger charge is -2.26. The van der Waals surface area contributed by atoms with Crippen LogP contribution in [0.4, 0.5) is 11.4 Å². The van der Waals surface area contributed by atoms with E-state index in [1.54, 1.807) is 6.07 Å². The highest BCUT2D eigenvalue weighted by atomic mass is 16.5. The Morgan fingerprint density at radius 2 is 1.94 bits per heavy atom. The van der Waals surface area contributed by atoms with E-state index in [-0.39, 0.29) is 5.91 Å². The molecule has 0 saturated carbocycles. The summed E-state index contributed by atoms with van der Waals surface area (Å²) in [6.07, 6.45) is 1.20. The Bertz CT molecular complexity index is 428. The van der Waals surface area contributed by atoms with E-state index in [1.807, 2.05) is 17.0 Å². The fourth-order valence-corrected chi connectivity index (χ4v) is 2.00. The number of ether oxygens (including phenoxy) is 1. The van der Waals surface area contributed by atoms with E-state index in [0.717, 1.165) is 5.56 Å². The topological polar surface area (TPSA) is 81.6 Å². The smallest absolute Gasteiger partial charge is 0.223 e. The molecule has 5 heteroatoms. The molecule has 5 nitrogen and oxygen atoms in total. The van der Waals surface area contributed by atoms with Crippen LogP contribution in [0.15, 0.2) is 18.2 Å². The SMILES string of the molecule is Nc1ccc(CCC(=O)N2CCOCC2)cc1N. The lowest BCUT2D eigenvalue weighted by Crippen LogP contribution is -2.40. The molecular formula is C13H19N3O2. The van der Waals surface area contributed by atoms with Crippen molar-refractivity contribution in [3.8, 4) is 0 Å². The summed E-state index contributed by atoms with van der Waals surface area (Å²) in [6, 6.07) is 5.53. The molecule has 0 spiro atoms. The van der Waals surface area contributed by atoms with Crippen molar-refractivity contribution in [2.45, 2.75) is 12.8 Å².